The molecule has 0 saturated carbocycles. The molecule has 0 aliphatic carbocycles. The van der Waals surface area contributed by atoms with Crippen LogP contribution < -0.4 is 5.32 Å². The lowest BCUT2D eigenvalue weighted by Gasteiger charge is -2.13. The smallest absolute Gasteiger partial charge is 0.306 e. The van der Waals surface area contributed by atoms with Gasteiger partial charge >= 0.3 is 5.97 Å². The summed E-state index contributed by atoms with van der Waals surface area (Å²) >= 11 is 0. The van der Waals surface area contributed by atoms with E-state index in [9.17, 15) is 19.7 Å². The molecule has 1 amide bonds. The first-order chi connectivity index (χ1) is 12.6. The Balaban J connectivity index is 2.24. The number of aryl methyl sites for hydroxylation is 2. The molecule has 0 spiro atoms. The highest BCUT2D eigenvalue weighted by Crippen LogP contribution is 2.29. The third-order valence-corrected chi connectivity index (χ3v) is 4.52. The average Bonchev–Trinajstić information content (AvgIpc) is 2.55. The molecule has 0 radical (unpaired) electrons. The van der Waals surface area contributed by atoms with Gasteiger partial charge in [0, 0.05) is 16.8 Å². The fourth-order valence-corrected chi connectivity index (χ4v) is 3.16. The van der Waals surface area contributed by atoms with Gasteiger partial charge in [0.1, 0.15) is 0 Å². The van der Waals surface area contributed by atoms with E-state index in [4.69, 9.17) is 5.11 Å². The van der Waals surface area contributed by atoms with E-state index < -0.39 is 22.7 Å². The summed E-state index contributed by atoms with van der Waals surface area (Å²) in [6.45, 7) is 6.60. The highest BCUT2D eigenvalue weighted by Gasteiger charge is 2.23. The number of carboxylic acid groups (broad SMARTS) is 1. The summed E-state index contributed by atoms with van der Waals surface area (Å²) in [5.41, 5.74) is 3.14. The van der Waals surface area contributed by atoms with Crippen LogP contribution in [0, 0.1) is 36.8 Å². The SMILES string of the molecule is Cc1cc(C)c([N+](=O)[O-])c(C)c1C(=O)Nc1ccc(CC(C)C(=O)O)cc1. The van der Waals surface area contributed by atoms with Crippen LogP contribution in [0.3, 0.4) is 0 Å². The Morgan fingerprint density at radius 1 is 1.15 bits per heavy atom. The second-order valence-electron chi connectivity index (χ2n) is 6.71. The van der Waals surface area contributed by atoms with Gasteiger partial charge < -0.3 is 10.4 Å². The number of hydrogen-bond donors (Lipinski definition) is 2. The Bertz CT molecular complexity index is 904. The third-order valence-electron chi connectivity index (χ3n) is 4.52. The summed E-state index contributed by atoms with van der Waals surface area (Å²) in [5.74, 6) is -1.78. The molecule has 0 bridgehead atoms. The first-order valence-corrected chi connectivity index (χ1v) is 8.50. The van der Waals surface area contributed by atoms with Gasteiger partial charge in [-0.25, -0.2) is 0 Å². The van der Waals surface area contributed by atoms with Crippen LogP contribution in [-0.2, 0) is 11.2 Å². The summed E-state index contributed by atoms with van der Waals surface area (Å²) in [5, 5.41) is 23.0. The molecule has 2 rings (SSSR count). The first-order valence-electron chi connectivity index (χ1n) is 8.50. The van der Waals surface area contributed by atoms with E-state index in [-0.39, 0.29) is 11.3 Å². The largest absolute Gasteiger partial charge is 0.481 e. The monoisotopic (exact) mass is 370 g/mol. The van der Waals surface area contributed by atoms with Crippen LogP contribution in [0.15, 0.2) is 30.3 Å². The van der Waals surface area contributed by atoms with E-state index in [2.05, 4.69) is 5.32 Å². The van der Waals surface area contributed by atoms with Crippen LogP contribution >= 0.6 is 0 Å². The number of nitrogens with one attached hydrogen (secondary N) is 1. The quantitative estimate of drug-likeness (QED) is 0.589. The molecule has 7 heteroatoms. The minimum absolute atomic E-state index is 0.0521. The van der Waals surface area contributed by atoms with Crippen molar-refractivity contribution >= 4 is 23.3 Å². The number of hydrogen-bond acceptors (Lipinski definition) is 4. The van der Waals surface area contributed by atoms with Crippen LogP contribution in [0.25, 0.3) is 0 Å². The molecule has 27 heavy (non-hydrogen) atoms. The minimum Gasteiger partial charge on any atom is -0.481 e. The van der Waals surface area contributed by atoms with Crippen molar-refractivity contribution in [3.8, 4) is 0 Å². The molecule has 0 aliphatic rings. The number of nitro groups is 1. The summed E-state index contributed by atoms with van der Waals surface area (Å²) in [4.78, 5) is 34.4. The number of nitrogens with zero attached hydrogens (tertiary/aromatic N) is 1. The second-order valence-corrected chi connectivity index (χ2v) is 6.71. The highest BCUT2D eigenvalue weighted by atomic mass is 16.6. The van der Waals surface area contributed by atoms with Crippen molar-refractivity contribution in [2.24, 2.45) is 5.92 Å². The number of nitro benzene ring substituents is 1. The standard InChI is InChI=1S/C20H22N2O5/c1-11-9-12(2)18(22(26)27)14(4)17(11)19(23)21-16-7-5-15(6-8-16)10-13(3)20(24)25/h5-9,13H,10H2,1-4H3,(H,21,23)(H,24,25). The van der Waals surface area contributed by atoms with Gasteiger partial charge in [-0.1, -0.05) is 19.1 Å². The zero-order valence-corrected chi connectivity index (χ0v) is 15.7. The number of benzene rings is 2. The zero-order valence-electron chi connectivity index (χ0n) is 15.7. The van der Waals surface area contributed by atoms with Gasteiger partial charge in [0.2, 0.25) is 0 Å². The lowest BCUT2D eigenvalue weighted by atomic mass is 9.96. The molecule has 1 unspecified atom stereocenters. The van der Waals surface area contributed by atoms with Gasteiger partial charge in [-0.3, -0.25) is 19.7 Å². The number of carbonyl (C=O) groups excluding carboxylic acids is 1. The van der Waals surface area contributed by atoms with E-state index in [1.807, 2.05) is 0 Å². The van der Waals surface area contributed by atoms with Crippen LogP contribution in [0.4, 0.5) is 11.4 Å². The van der Waals surface area contributed by atoms with E-state index in [0.29, 0.717) is 28.8 Å². The molecule has 7 nitrogen and oxygen atoms in total. The van der Waals surface area contributed by atoms with E-state index >= 15 is 0 Å². The van der Waals surface area contributed by atoms with Crippen LogP contribution in [0.1, 0.15) is 39.5 Å². The molecule has 0 heterocycles. The fraction of sp³-hybridized carbons (Fsp3) is 0.300. The lowest BCUT2D eigenvalue weighted by molar-refractivity contribution is -0.386. The normalized spacial score (nSPS) is 11.7. The molecular weight excluding hydrogens is 348 g/mol. The molecule has 2 N–H and O–H groups in total. The maximum atomic E-state index is 12.7. The highest BCUT2D eigenvalue weighted by molar-refractivity contribution is 6.07. The van der Waals surface area contributed by atoms with Crippen molar-refractivity contribution in [1.29, 1.82) is 0 Å². The molecule has 2 aromatic rings. The van der Waals surface area contributed by atoms with Crippen molar-refractivity contribution in [2.45, 2.75) is 34.1 Å². The first kappa shape index (κ1) is 20.1. The van der Waals surface area contributed by atoms with Crippen molar-refractivity contribution < 1.29 is 19.6 Å². The Kier molecular flexibility index (Phi) is 5.95. The number of carbonyl (C=O) groups is 2. The maximum Gasteiger partial charge on any atom is 0.306 e. The Labute approximate surface area is 157 Å². The Morgan fingerprint density at radius 3 is 2.26 bits per heavy atom. The minimum atomic E-state index is -0.862. The number of aliphatic carboxylic acids is 1. The van der Waals surface area contributed by atoms with E-state index in [1.54, 1.807) is 58.0 Å². The Hall–Kier alpha value is -3.22. The molecule has 0 fully saturated rings. The van der Waals surface area contributed by atoms with Crippen molar-refractivity contribution in [3.05, 3.63) is 68.3 Å². The Morgan fingerprint density at radius 2 is 1.74 bits per heavy atom. The van der Waals surface area contributed by atoms with E-state index in [1.165, 1.54) is 0 Å². The van der Waals surface area contributed by atoms with Gasteiger partial charge in [0.15, 0.2) is 0 Å². The predicted octanol–water partition coefficient (Wildman–Crippen LogP) is 4.04. The molecule has 2 aromatic carbocycles. The van der Waals surface area contributed by atoms with Gasteiger partial charge in [0.05, 0.1) is 16.4 Å². The van der Waals surface area contributed by atoms with Gasteiger partial charge in [-0.05, 0) is 56.5 Å². The van der Waals surface area contributed by atoms with Crippen molar-refractivity contribution in [1.82, 2.24) is 0 Å². The van der Waals surface area contributed by atoms with Crippen LogP contribution in [0.5, 0.6) is 0 Å². The average molecular weight is 370 g/mol. The maximum absolute atomic E-state index is 12.7. The number of rotatable bonds is 6. The molecule has 0 aromatic heterocycles. The summed E-state index contributed by atoms with van der Waals surface area (Å²) in [6, 6.07) is 8.53. The molecular formula is C20H22N2O5. The number of amides is 1. The molecule has 1 atom stereocenters. The van der Waals surface area contributed by atoms with Gasteiger partial charge in [-0.15, -0.1) is 0 Å². The second kappa shape index (κ2) is 7.99. The number of carboxylic acids is 1. The molecule has 0 aliphatic heterocycles. The summed E-state index contributed by atoms with van der Waals surface area (Å²) in [7, 11) is 0. The third kappa shape index (κ3) is 4.49. The fourth-order valence-electron chi connectivity index (χ4n) is 3.16. The number of anilines is 1. The van der Waals surface area contributed by atoms with Crippen molar-refractivity contribution in [3.63, 3.8) is 0 Å². The predicted molar refractivity (Wildman–Crippen MR) is 102 cm³/mol. The zero-order chi connectivity index (χ0) is 20.3. The van der Waals surface area contributed by atoms with Crippen molar-refractivity contribution in [2.75, 3.05) is 5.32 Å². The topological polar surface area (TPSA) is 110 Å². The van der Waals surface area contributed by atoms with Gasteiger partial charge in [0.25, 0.3) is 11.6 Å². The molecule has 0 saturated heterocycles. The summed E-state index contributed by atoms with van der Waals surface area (Å²) < 4.78 is 0. The molecule has 142 valence electrons. The lowest BCUT2D eigenvalue weighted by Crippen LogP contribution is -2.16. The van der Waals surface area contributed by atoms with E-state index in [0.717, 1.165) is 5.56 Å². The van der Waals surface area contributed by atoms with Gasteiger partial charge in [-0.2, -0.15) is 0 Å². The van der Waals surface area contributed by atoms with Crippen LogP contribution in [0.2, 0.25) is 0 Å². The summed E-state index contributed by atoms with van der Waals surface area (Å²) in [6.07, 6.45) is 0.395. The van der Waals surface area contributed by atoms with Crippen LogP contribution in [-0.4, -0.2) is 21.9 Å².